The highest BCUT2D eigenvalue weighted by Crippen LogP contribution is 2.30. The van der Waals surface area contributed by atoms with Crippen LogP contribution in [0.1, 0.15) is 17.3 Å². The number of benzene rings is 1. The van der Waals surface area contributed by atoms with Gasteiger partial charge in [0.05, 0.1) is 5.56 Å². The van der Waals surface area contributed by atoms with E-state index < -0.39 is 17.9 Å². The van der Waals surface area contributed by atoms with E-state index in [2.05, 4.69) is 0 Å². The number of hydrogen-bond acceptors (Lipinski definition) is 1. The van der Waals surface area contributed by atoms with Gasteiger partial charge < -0.3 is 0 Å². The molecule has 0 bridgehead atoms. The molecule has 0 aromatic heterocycles. The van der Waals surface area contributed by atoms with Gasteiger partial charge in [0, 0.05) is 5.56 Å². The Morgan fingerprint density at radius 2 is 1.64 bits per heavy atom. The second-order valence-electron chi connectivity index (χ2n) is 2.61. The topological polar surface area (TPSA) is 23.8 Å². The number of halogens is 4. The Labute approximate surface area is 77.6 Å². The summed E-state index contributed by atoms with van der Waals surface area (Å²) < 4.78 is 48.8. The lowest BCUT2D eigenvalue weighted by molar-refractivity contribution is -0.137. The van der Waals surface area contributed by atoms with Gasteiger partial charge in [-0.1, -0.05) is 12.1 Å². The summed E-state index contributed by atoms with van der Waals surface area (Å²) in [4.78, 5) is 0. The minimum atomic E-state index is -4.43. The van der Waals surface area contributed by atoms with E-state index in [0.29, 0.717) is 0 Å². The molecule has 1 aromatic rings. The minimum absolute atomic E-state index is 0.0690. The Kier molecular flexibility index (Phi) is 2.75. The first-order valence-electron chi connectivity index (χ1n) is 3.66. The maximum Gasteiger partial charge on any atom is 0.416 e. The lowest BCUT2D eigenvalue weighted by Gasteiger charge is -2.06. The summed E-state index contributed by atoms with van der Waals surface area (Å²) in [5.41, 5.74) is -0.924. The molecular formula is C9H5F4N. The highest BCUT2D eigenvalue weighted by molar-refractivity contribution is 5.28. The van der Waals surface area contributed by atoms with Crippen molar-refractivity contribution in [3.63, 3.8) is 0 Å². The first kappa shape index (κ1) is 10.5. The molecule has 0 heterocycles. The zero-order valence-electron chi connectivity index (χ0n) is 6.85. The lowest BCUT2D eigenvalue weighted by Crippen LogP contribution is -2.04. The highest BCUT2D eigenvalue weighted by atomic mass is 19.4. The third-order valence-electron chi connectivity index (χ3n) is 1.64. The molecule has 0 saturated carbocycles. The Hall–Kier alpha value is -1.57. The standard InChI is InChI=1S/C9H5F4N/c10-8(5-14)6-1-3-7(4-2-6)9(11,12)13/h1-4,8H/t8-/m1/s1. The molecule has 0 aliphatic rings. The normalized spacial score (nSPS) is 13.4. The summed E-state index contributed by atoms with van der Waals surface area (Å²) in [7, 11) is 0. The Morgan fingerprint density at radius 3 is 2.00 bits per heavy atom. The quantitative estimate of drug-likeness (QED) is 0.642. The van der Waals surface area contributed by atoms with E-state index in [1.54, 1.807) is 0 Å². The van der Waals surface area contributed by atoms with Crippen molar-refractivity contribution >= 4 is 0 Å². The third kappa shape index (κ3) is 2.22. The Balaban J connectivity index is 2.96. The molecule has 0 unspecified atom stereocenters. The van der Waals surface area contributed by atoms with Crippen LogP contribution in [0.4, 0.5) is 17.6 Å². The third-order valence-corrected chi connectivity index (χ3v) is 1.64. The van der Waals surface area contributed by atoms with Crippen LogP contribution in [0.5, 0.6) is 0 Å². The molecule has 0 saturated heterocycles. The van der Waals surface area contributed by atoms with Gasteiger partial charge >= 0.3 is 6.18 Å². The van der Waals surface area contributed by atoms with Crippen LogP contribution in [-0.2, 0) is 6.18 Å². The van der Waals surface area contributed by atoms with Gasteiger partial charge in [0.2, 0.25) is 6.17 Å². The van der Waals surface area contributed by atoms with Gasteiger partial charge in [-0.2, -0.15) is 18.4 Å². The van der Waals surface area contributed by atoms with Crippen LogP contribution in [0.2, 0.25) is 0 Å². The first-order valence-corrected chi connectivity index (χ1v) is 3.66. The van der Waals surface area contributed by atoms with E-state index >= 15 is 0 Å². The summed E-state index contributed by atoms with van der Waals surface area (Å²) in [6, 6.07) is 4.70. The molecule has 0 radical (unpaired) electrons. The maximum atomic E-state index is 12.7. The van der Waals surface area contributed by atoms with Crippen molar-refractivity contribution in [2.45, 2.75) is 12.3 Å². The summed E-state index contributed by atoms with van der Waals surface area (Å²) in [5, 5.41) is 8.17. The largest absolute Gasteiger partial charge is 0.416 e. The Bertz CT molecular complexity index is 347. The van der Waals surface area contributed by atoms with E-state index in [4.69, 9.17) is 5.26 Å². The minimum Gasteiger partial charge on any atom is -0.226 e. The molecule has 0 spiro atoms. The van der Waals surface area contributed by atoms with Gasteiger partial charge in [0.25, 0.3) is 0 Å². The fourth-order valence-corrected chi connectivity index (χ4v) is 0.916. The van der Waals surface area contributed by atoms with Crippen molar-refractivity contribution < 1.29 is 17.6 Å². The van der Waals surface area contributed by atoms with Crippen molar-refractivity contribution in [3.05, 3.63) is 35.4 Å². The van der Waals surface area contributed by atoms with Gasteiger partial charge in [-0.15, -0.1) is 0 Å². The van der Waals surface area contributed by atoms with Gasteiger partial charge in [-0.3, -0.25) is 0 Å². The number of nitriles is 1. The van der Waals surface area contributed by atoms with Crippen molar-refractivity contribution in [2.75, 3.05) is 0 Å². The molecule has 1 aromatic carbocycles. The van der Waals surface area contributed by atoms with Crippen LogP contribution in [0.3, 0.4) is 0 Å². The number of rotatable bonds is 1. The van der Waals surface area contributed by atoms with Crippen LogP contribution in [0.15, 0.2) is 24.3 Å². The Morgan fingerprint density at radius 1 is 1.14 bits per heavy atom. The van der Waals surface area contributed by atoms with Crippen molar-refractivity contribution in [3.8, 4) is 6.07 Å². The molecule has 0 fully saturated rings. The second-order valence-corrected chi connectivity index (χ2v) is 2.61. The molecule has 1 rings (SSSR count). The lowest BCUT2D eigenvalue weighted by atomic mass is 10.1. The van der Waals surface area contributed by atoms with E-state index in [-0.39, 0.29) is 5.56 Å². The molecule has 0 aliphatic heterocycles. The van der Waals surface area contributed by atoms with Gasteiger partial charge in [0.1, 0.15) is 6.07 Å². The molecule has 14 heavy (non-hydrogen) atoms. The highest BCUT2D eigenvalue weighted by Gasteiger charge is 2.30. The molecule has 0 amide bonds. The fraction of sp³-hybridized carbons (Fsp3) is 0.222. The van der Waals surface area contributed by atoms with E-state index in [9.17, 15) is 17.6 Å². The van der Waals surface area contributed by atoms with Gasteiger partial charge in [0.15, 0.2) is 0 Å². The van der Waals surface area contributed by atoms with Crippen LogP contribution in [-0.4, -0.2) is 0 Å². The smallest absolute Gasteiger partial charge is 0.226 e. The molecule has 0 aliphatic carbocycles. The zero-order valence-corrected chi connectivity index (χ0v) is 6.85. The summed E-state index contributed by atoms with van der Waals surface area (Å²) >= 11 is 0. The van der Waals surface area contributed by atoms with Crippen LogP contribution < -0.4 is 0 Å². The zero-order chi connectivity index (χ0) is 10.8. The van der Waals surface area contributed by atoms with Crippen molar-refractivity contribution in [1.82, 2.24) is 0 Å². The first-order chi connectivity index (χ1) is 6.45. The number of hydrogen-bond donors (Lipinski definition) is 0. The summed E-state index contributed by atoms with van der Waals surface area (Å²) in [5.74, 6) is 0. The molecule has 0 N–H and O–H groups in total. The van der Waals surface area contributed by atoms with Crippen LogP contribution >= 0.6 is 0 Å². The predicted octanol–water partition coefficient (Wildman–Crippen LogP) is 3.24. The fourth-order valence-electron chi connectivity index (χ4n) is 0.916. The molecule has 5 heteroatoms. The summed E-state index contributed by atoms with van der Waals surface area (Å²) in [6.07, 6.45) is -6.31. The summed E-state index contributed by atoms with van der Waals surface area (Å²) in [6.45, 7) is 0. The average Bonchev–Trinajstić information content (AvgIpc) is 2.15. The van der Waals surface area contributed by atoms with E-state index in [0.717, 1.165) is 24.3 Å². The van der Waals surface area contributed by atoms with E-state index in [1.807, 2.05) is 0 Å². The van der Waals surface area contributed by atoms with Crippen LogP contribution in [0, 0.1) is 11.3 Å². The van der Waals surface area contributed by atoms with Gasteiger partial charge in [-0.25, -0.2) is 4.39 Å². The molecule has 74 valence electrons. The maximum absolute atomic E-state index is 12.7. The molecular weight excluding hydrogens is 198 g/mol. The van der Waals surface area contributed by atoms with Crippen LogP contribution in [0.25, 0.3) is 0 Å². The molecule has 1 atom stereocenters. The number of alkyl halides is 4. The average molecular weight is 203 g/mol. The SMILES string of the molecule is N#C[C@@H](F)c1ccc(C(F)(F)F)cc1. The predicted molar refractivity (Wildman–Crippen MR) is 40.9 cm³/mol. The van der Waals surface area contributed by atoms with Crippen molar-refractivity contribution in [1.29, 1.82) is 5.26 Å². The monoisotopic (exact) mass is 203 g/mol. The van der Waals surface area contributed by atoms with E-state index in [1.165, 1.54) is 6.07 Å². The van der Waals surface area contributed by atoms with Gasteiger partial charge in [-0.05, 0) is 12.1 Å². The van der Waals surface area contributed by atoms with Crippen molar-refractivity contribution in [2.24, 2.45) is 0 Å². The second kappa shape index (κ2) is 3.66. The number of nitrogens with zero attached hydrogens (tertiary/aromatic N) is 1. The molecule has 1 nitrogen and oxygen atoms in total.